The second-order valence-corrected chi connectivity index (χ2v) is 18.2. The summed E-state index contributed by atoms with van der Waals surface area (Å²) in [6, 6.07) is 7.75. The SMILES string of the molecule is C[C@H]1[C@H](OC(=O)CCC(=O)N2CCN(C/C=C/C(=O)Nc3cc4c(Nc5ccc(F)c(Cl)c5)ncnc4cc3O[C@@H]3CCOC3)CC2)O[C@@H]2OC3(C)CCC4[C@H](C)CC[C@@H]1C42OO3. The first kappa shape index (κ1) is 43.7. The number of hydrogen-bond acceptors (Lipinski definition) is 14. The lowest BCUT2D eigenvalue weighted by Crippen LogP contribution is -2.70. The zero-order valence-corrected chi connectivity index (χ0v) is 36.4. The van der Waals surface area contributed by atoms with Gasteiger partial charge in [-0.05, 0) is 62.3 Å². The number of carbonyl (C=O) groups excluding carboxylic acids is 3. The zero-order valence-electron chi connectivity index (χ0n) is 35.7. The lowest BCUT2D eigenvalue weighted by Gasteiger charge is -2.59. The highest BCUT2D eigenvalue weighted by Crippen LogP contribution is 2.60. The van der Waals surface area contributed by atoms with Crippen LogP contribution < -0.4 is 15.4 Å². The van der Waals surface area contributed by atoms with Gasteiger partial charge in [-0.3, -0.25) is 19.3 Å². The first-order valence-electron chi connectivity index (χ1n) is 22.0. The molecule has 9 atom stereocenters. The summed E-state index contributed by atoms with van der Waals surface area (Å²) in [5.41, 5.74) is 0.762. The van der Waals surface area contributed by atoms with Crippen LogP contribution in [0.25, 0.3) is 10.9 Å². The predicted molar refractivity (Wildman–Crippen MR) is 227 cm³/mol. The Bertz CT molecular complexity index is 2240. The van der Waals surface area contributed by atoms with Crippen LogP contribution in [-0.4, -0.2) is 114 Å². The van der Waals surface area contributed by atoms with Crippen molar-refractivity contribution < 1.29 is 52.2 Å². The number of hydrogen-bond donors (Lipinski definition) is 2. The minimum atomic E-state index is -0.927. The highest BCUT2D eigenvalue weighted by atomic mass is 35.5. The topological polar surface area (TPSA) is 172 Å². The predicted octanol–water partition coefficient (Wildman–Crippen LogP) is 6.50. The summed E-state index contributed by atoms with van der Waals surface area (Å²) in [6.07, 6.45) is 7.12. The van der Waals surface area contributed by atoms with Crippen molar-refractivity contribution >= 4 is 57.5 Å². The summed E-state index contributed by atoms with van der Waals surface area (Å²) < 4.78 is 44.2. The van der Waals surface area contributed by atoms with Gasteiger partial charge in [0.15, 0.2) is 11.9 Å². The van der Waals surface area contributed by atoms with Crippen LogP contribution in [0.3, 0.4) is 0 Å². The van der Waals surface area contributed by atoms with Gasteiger partial charge in [-0.2, -0.15) is 0 Å². The minimum absolute atomic E-state index is 0.0262. The van der Waals surface area contributed by atoms with E-state index in [1.54, 1.807) is 29.2 Å². The number of nitrogens with zero attached hydrogens (tertiary/aromatic N) is 4. The van der Waals surface area contributed by atoms with Crippen LogP contribution in [0.4, 0.5) is 21.6 Å². The van der Waals surface area contributed by atoms with Crippen molar-refractivity contribution in [3.05, 3.63) is 59.7 Å². The Hall–Kier alpha value is -4.49. The van der Waals surface area contributed by atoms with Gasteiger partial charge in [0, 0.05) is 87.0 Å². The molecule has 6 aliphatic heterocycles. The fourth-order valence-electron chi connectivity index (χ4n) is 10.1. The second-order valence-electron chi connectivity index (χ2n) is 17.8. The first-order valence-corrected chi connectivity index (χ1v) is 22.4. The van der Waals surface area contributed by atoms with Crippen molar-refractivity contribution in [2.75, 3.05) is 56.6 Å². The van der Waals surface area contributed by atoms with Gasteiger partial charge in [0.1, 0.15) is 29.8 Å². The van der Waals surface area contributed by atoms with Crippen LogP contribution >= 0.6 is 11.6 Å². The molecule has 2 amide bonds. The summed E-state index contributed by atoms with van der Waals surface area (Å²) in [6.45, 7) is 9.82. The molecule has 16 nitrogen and oxygen atoms in total. The number of piperazine rings is 1. The normalized spacial score (nSPS) is 31.7. The maximum Gasteiger partial charge on any atom is 0.308 e. The van der Waals surface area contributed by atoms with Gasteiger partial charge in [0.2, 0.25) is 23.9 Å². The van der Waals surface area contributed by atoms with E-state index in [0.717, 1.165) is 19.3 Å². The van der Waals surface area contributed by atoms with Crippen molar-refractivity contribution in [1.82, 2.24) is 19.8 Å². The van der Waals surface area contributed by atoms with Gasteiger partial charge in [0.25, 0.3) is 0 Å². The summed E-state index contributed by atoms with van der Waals surface area (Å²) in [5.74, 6) is -1.07. The number of ether oxygens (including phenoxy) is 5. The zero-order chi connectivity index (χ0) is 43.9. The molecule has 1 saturated carbocycles. The summed E-state index contributed by atoms with van der Waals surface area (Å²) >= 11 is 6.01. The molecule has 3 unspecified atom stereocenters. The number of amides is 2. The number of rotatable bonds is 12. The Morgan fingerprint density at radius 3 is 2.65 bits per heavy atom. The minimum Gasteiger partial charge on any atom is -0.486 e. The first-order chi connectivity index (χ1) is 30.4. The van der Waals surface area contributed by atoms with Gasteiger partial charge < -0.3 is 39.2 Å². The molecule has 0 radical (unpaired) electrons. The molecular weight excluding hydrogens is 839 g/mol. The average Bonchev–Trinajstić information content (AvgIpc) is 3.68. The Kier molecular flexibility index (Phi) is 12.6. The number of halogens is 2. The van der Waals surface area contributed by atoms with E-state index < -0.39 is 35.8 Å². The Balaban J connectivity index is 0.757. The largest absolute Gasteiger partial charge is 0.486 e. The van der Waals surface area contributed by atoms with E-state index in [2.05, 4.69) is 32.4 Å². The Morgan fingerprint density at radius 1 is 1.02 bits per heavy atom. The van der Waals surface area contributed by atoms with E-state index in [9.17, 15) is 18.8 Å². The molecule has 18 heteroatoms. The smallest absolute Gasteiger partial charge is 0.308 e. The van der Waals surface area contributed by atoms with E-state index >= 15 is 0 Å². The molecule has 2 N–H and O–H groups in total. The van der Waals surface area contributed by atoms with Crippen molar-refractivity contribution in [2.45, 2.75) is 95.8 Å². The quantitative estimate of drug-likeness (QED) is 0.115. The van der Waals surface area contributed by atoms with Gasteiger partial charge in [-0.1, -0.05) is 31.5 Å². The van der Waals surface area contributed by atoms with Crippen molar-refractivity contribution in [2.24, 2.45) is 23.7 Å². The highest BCUT2D eigenvalue weighted by Gasteiger charge is 2.69. The number of benzene rings is 2. The van der Waals surface area contributed by atoms with E-state index in [-0.39, 0.29) is 53.5 Å². The van der Waals surface area contributed by atoms with Crippen molar-refractivity contribution in [3.8, 4) is 5.75 Å². The van der Waals surface area contributed by atoms with Gasteiger partial charge >= 0.3 is 5.97 Å². The van der Waals surface area contributed by atoms with E-state index in [1.165, 1.54) is 24.5 Å². The molecule has 7 heterocycles. The lowest BCUT2D eigenvalue weighted by atomic mass is 9.58. The van der Waals surface area contributed by atoms with Gasteiger partial charge in [0.05, 0.1) is 35.9 Å². The number of esters is 1. The highest BCUT2D eigenvalue weighted by molar-refractivity contribution is 6.31. The molecule has 1 aromatic heterocycles. The molecule has 1 aliphatic carbocycles. The van der Waals surface area contributed by atoms with Crippen LogP contribution in [0.15, 0.2) is 48.8 Å². The average molecular weight is 893 g/mol. The van der Waals surface area contributed by atoms with Crippen LogP contribution in [0.5, 0.6) is 5.75 Å². The van der Waals surface area contributed by atoms with E-state index in [1.807, 2.05) is 13.8 Å². The molecule has 2 aromatic carbocycles. The summed E-state index contributed by atoms with van der Waals surface area (Å²) in [5, 5.41) is 6.67. The molecule has 3 aromatic rings. The lowest BCUT2D eigenvalue weighted by molar-refractivity contribution is -0.576. The van der Waals surface area contributed by atoms with E-state index in [0.29, 0.717) is 98.5 Å². The number of fused-ring (bicyclic) bond motifs is 3. The van der Waals surface area contributed by atoms with Crippen LogP contribution in [0.1, 0.15) is 65.7 Å². The summed E-state index contributed by atoms with van der Waals surface area (Å²) in [7, 11) is 0. The molecule has 7 fully saturated rings. The Morgan fingerprint density at radius 2 is 1.86 bits per heavy atom. The van der Waals surface area contributed by atoms with Crippen LogP contribution in [-0.2, 0) is 43.1 Å². The Labute approximate surface area is 369 Å². The fraction of sp³-hybridized carbons (Fsp3) is 0.578. The molecule has 10 rings (SSSR count). The number of carbonyl (C=O) groups is 3. The van der Waals surface area contributed by atoms with E-state index in [4.69, 9.17) is 45.1 Å². The standard InChI is InChI=1S/C45H54ClFN6O10/c1-26-6-8-32-27(2)42(60-43-45(32)31(26)12-14-44(3,61-43)62-63-45)59-40(56)11-10-39(55)53-18-16-52(17-19-53)15-4-5-38(54)51-36-22-30-35(23-37(36)58-29-13-20-57-24-29)48-25-49-41(30)50-28-7-9-34(47)33(46)21-28/h4-5,7,9,21-23,25-27,29,31-32,42-43H,6,8,10-20,24H2,1-3H3,(H,51,54)(H,48,49,50)/b5-4+/t26-,27-,29-,31?,32+,42-,43-,44?,45?/m1/s1. The van der Waals surface area contributed by atoms with Gasteiger partial charge in [-0.25, -0.2) is 24.1 Å². The maximum atomic E-state index is 13.8. The molecule has 6 saturated heterocycles. The van der Waals surface area contributed by atoms with Crippen LogP contribution in [0, 0.1) is 29.5 Å². The molecule has 7 aliphatic rings. The molecule has 338 valence electrons. The number of aromatic nitrogens is 2. The number of anilines is 3. The molecular formula is C45H54ClFN6O10. The van der Waals surface area contributed by atoms with Crippen LogP contribution in [0.2, 0.25) is 5.02 Å². The molecule has 1 spiro atoms. The van der Waals surface area contributed by atoms with Crippen molar-refractivity contribution in [3.63, 3.8) is 0 Å². The third-order valence-electron chi connectivity index (χ3n) is 13.6. The summed E-state index contributed by atoms with van der Waals surface area (Å²) in [4.78, 5) is 64.5. The second kappa shape index (κ2) is 18.2. The third kappa shape index (κ3) is 9.10. The van der Waals surface area contributed by atoms with Gasteiger partial charge in [-0.15, -0.1) is 0 Å². The fourth-order valence-corrected chi connectivity index (χ4v) is 10.3. The monoisotopic (exact) mass is 892 g/mol. The molecule has 2 bridgehead atoms. The maximum absolute atomic E-state index is 13.8. The van der Waals surface area contributed by atoms with Crippen molar-refractivity contribution in [1.29, 1.82) is 0 Å². The molecule has 63 heavy (non-hydrogen) atoms. The third-order valence-corrected chi connectivity index (χ3v) is 13.9. The number of nitrogens with one attached hydrogen (secondary N) is 2.